The lowest BCUT2D eigenvalue weighted by molar-refractivity contribution is -0.159. The molecule has 3 heterocycles. The Kier molecular flexibility index (Phi) is 10.4. The zero-order valence-corrected chi connectivity index (χ0v) is 33.3. The van der Waals surface area contributed by atoms with Crippen LogP contribution in [0, 0.1) is 6.92 Å². The van der Waals surface area contributed by atoms with E-state index >= 15 is 0 Å². The third-order valence-electron chi connectivity index (χ3n) is 9.67. The summed E-state index contributed by atoms with van der Waals surface area (Å²) in [7, 11) is -1.80. The molecule has 1 saturated heterocycles. The monoisotopic (exact) mass is 790 g/mol. The van der Waals surface area contributed by atoms with Gasteiger partial charge in [-0.2, -0.15) is 0 Å². The molecule has 2 aromatic heterocycles. The van der Waals surface area contributed by atoms with Gasteiger partial charge in [0.25, 0.3) is 5.56 Å². The fraction of sp³-hybridized carbons (Fsp3) is 0.359. The molecule has 9 nitrogen and oxygen atoms in total. The molecule has 51 heavy (non-hydrogen) atoms. The van der Waals surface area contributed by atoms with Crippen molar-refractivity contribution in [2.75, 3.05) is 20.3 Å². The molecule has 5 aromatic rings. The number of carbonyl (C=O) groups is 1. The number of ether oxygens (including phenoxy) is 3. The van der Waals surface area contributed by atoms with Crippen LogP contribution in [-0.4, -0.2) is 49.8 Å². The number of fused-ring (bicyclic) bond motifs is 1. The fourth-order valence-electron chi connectivity index (χ4n) is 6.82. The summed E-state index contributed by atoms with van der Waals surface area (Å²) in [6.07, 6.45) is -0.804. The zero-order valence-electron chi connectivity index (χ0n) is 29.9. The van der Waals surface area contributed by atoms with E-state index in [-0.39, 0.29) is 12.6 Å². The number of aryl methyl sites for hydroxylation is 1. The molecule has 0 amide bonds. The van der Waals surface area contributed by atoms with Crippen molar-refractivity contribution in [1.82, 2.24) is 9.13 Å². The lowest BCUT2D eigenvalue weighted by Gasteiger charge is -2.43. The van der Waals surface area contributed by atoms with Gasteiger partial charge in [0.1, 0.15) is 28.3 Å². The first kappa shape index (κ1) is 37.0. The highest BCUT2D eigenvalue weighted by Gasteiger charge is 2.55. The Morgan fingerprint density at radius 3 is 2.04 bits per heavy atom. The second-order valence-corrected chi connectivity index (χ2v) is 20.9. The molecule has 1 atom stereocenters. The van der Waals surface area contributed by atoms with Gasteiger partial charge in [-0.3, -0.25) is 14.2 Å². The fourth-order valence-corrected chi connectivity index (χ4v) is 13.0. The Labute approximate surface area is 311 Å². The first-order chi connectivity index (χ1) is 24.2. The van der Waals surface area contributed by atoms with Gasteiger partial charge in [0, 0.05) is 5.56 Å². The second kappa shape index (κ2) is 14.3. The minimum Gasteiger partial charge on any atom is -0.508 e. The molecule has 1 fully saturated rings. The number of benzene rings is 3. The van der Waals surface area contributed by atoms with Crippen LogP contribution in [0.15, 0.2) is 98.3 Å². The van der Waals surface area contributed by atoms with Crippen molar-refractivity contribution < 1.29 is 23.4 Å². The van der Waals surface area contributed by atoms with Gasteiger partial charge in [-0.1, -0.05) is 99.6 Å². The third kappa shape index (κ3) is 6.57. The van der Waals surface area contributed by atoms with Gasteiger partial charge in [0.05, 0.1) is 36.0 Å². The number of methoxy groups -OCH3 is 1. The van der Waals surface area contributed by atoms with Crippen LogP contribution in [0.1, 0.15) is 51.8 Å². The predicted molar refractivity (Wildman–Crippen MR) is 207 cm³/mol. The van der Waals surface area contributed by atoms with E-state index in [0.29, 0.717) is 34.7 Å². The maximum absolute atomic E-state index is 14.9. The van der Waals surface area contributed by atoms with E-state index in [1.54, 1.807) is 25.5 Å². The van der Waals surface area contributed by atoms with Gasteiger partial charge >= 0.3 is 20.0 Å². The Morgan fingerprint density at radius 2 is 1.51 bits per heavy atom. The zero-order chi connectivity index (χ0) is 36.7. The first-order valence-corrected chi connectivity index (χ1v) is 20.4. The average Bonchev–Trinajstić information content (AvgIpc) is 3.39. The van der Waals surface area contributed by atoms with E-state index in [0.717, 1.165) is 24.3 Å². The molecule has 1 unspecified atom stereocenters. The Bertz CT molecular complexity index is 2130. The molecular weight excluding hydrogens is 748 g/mol. The second-order valence-electron chi connectivity index (χ2n) is 14.4. The number of aromatic nitrogens is 2. The number of thiophene rings is 1. The van der Waals surface area contributed by atoms with E-state index in [2.05, 4.69) is 36.7 Å². The van der Waals surface area contributed by atoms with Crippen molar-refractivity contribution in [3.63, 3.8) is 0 Å². The number of hydrogen-bond acceptors (Lipinski definition) is 8. The van der Waals surface area contributed by atoms with Gasteiger partial charge in [-0.15, -0.1) is 11.3 Å². The summed E-state index contributed by atoms with van der Waals surface area (Å²) in [4.78, 5) is 44.8. The van der Waals surface area contributed by atoms with Crippen molar-refractivity contribution in [3.8, 4) is 5.75 Å². The van der Waals surface area contributed by atoms with Crippen LogP contribution in [0.5, 0.6) is 5.75 Å². The number of rotatable bonds is 11. The van der Waals surface area contributed by atoms with Crippen LogP contribution < -0.4 is 26.4 Å². The molecule has 3 aromatic carbocycles. The van der Waals surface area contributed by atoms with Crippen LogP contribution in [0.4, 0.5) is 0 Å². The van der Waals surface area contributed by atoms with E-state index < -0.39 is 42.2 Å². The van der Waals surface area contributed by atoms with Crippen LogP contribution in [0.3, 0.4) is 0 Å². The molecule has 6 rings (SSSR count). The van der Waals surface area contributed by atoms with E-state index in [9.17, 15) is 14.4 Å². The molecule has 0 aliphatic carbocycles. The third-order valence-corrected chi connectivity index (χ3v) is 16.8. The van der Waals surface area contributed by atoms with Crippen molar-refractivity contribution in [2.45, 2.75) is 70.9 Å². The maximum atomic E-state index is 14.9. The summed E-state index contributed by atoms with van der Waals surface area (Å²) in [6.45, 7) is 12.1. The largest absolute Gasteiger partial charge is 0.508 e. The average molecular weight is 792 g/mol. The molecule has 12 heteroatoms. The number of carbonyl (C=O) groups excluding carboxylic acids is 1. The van der Waals surface area contributed by atoms with Crippen molar-refractivity contribution in [3.05, 3.63) is 121 Å². The highest BCUT2D eigenvalue weighted by Crippen LogP contribution is 2.39. The minimum absolute atomic E-state index is 0.0543. The SMILES string of the molecule is COc1ccccc1C(Cn1c(=O)n(C(C)(C)C(=O)O[Si](c2ccccc2)(c2ccccc2)C(C)(C)C)c(=O)c2c(C)c(Br)sc21)OC1COC1. The number of hydrogen-bond donors (Lipinski definition) is 0. The molecule has 1 aliphatic rings. The number of halogens is 1. The Hall–Kier alpha value is -3.81. The Morgan fingerprint density at radius 1 is 0.941 bits per heavy atom. The molecular formula is C39H43BrN2O7SSi. The standard InChI is InChI=1S/C39H43BrN2O7SSi/c1-25-32-34(43)42(39(5,6)36(44)49-51(38(2,3)4,27-16-10-8-11-17-27)28-18-12-9-13-19-28)37(45)41(35(32)50-33(25)40)22-31(48-26-23-47-24-26)29-20-14-15-21-30(29)46-7/h8-21,26,31H,22-24H2,1-7H3. The molecule has 0 saturated carbocycles. The van der Waals surface area contributed by atoms with Crippen LogP contribution in [-0.2, 0) is 30.8 Å². The summed E-state index contributed by atoms with van der Waals surface area (Å²) in [6, 6.07) is 27.1. The van der Waals surface area contributed by atoms with Gasteiger partial charge in [0.15, 0.2) is 0 Å². The molecule has 0 bridgehead atoms. The van der Waals surface area contributed by atoms with E-state index in [4.69, 9.17) is 18.6 Å². The lowest BCUT2D eigenvalue weighted by Crippen LogP contribution is -2.69. The normalized spacial score (nSPS) is 14.7. The van der Waals surface area contributed by atoms with Gasteiger partial charge < -0.3 is 18.6 Å². The molecule has 1 aliphatic heterocycles. The minimum atomic E-state index is -3.39. The topological polar surface area (TPSA) is 98.0 Å². The van der Waals surface area contributed by atoms with Gasteiger partial charge in [0.2, 0.25) is 0 Å². The van der Waals surface area contributed by atoms with Crippen molar-refractivity contribution in [2.24, 2.45) is 0 Å². The summed E-state index contributed by atoms with van der Waals surface area (Å²) < 4.78 is 27.8. The first-order valence-electron chi connectivity index (χ1n) is 16.9. The van der Waals surface area contributed by atoms with Crippen LogP contribution >= 0.6 is 27.3 Å². The summed E-state index contributed by atoms with van der Waals surface area (Å²) >= 11 is 4.92. The van der Waals surface area contributed by atoms with Crippen LogP contribution in [0.25, 0.3) is 10.2 Å². The Balaban J connectivity index is 1.53. The molecule has 0 radical (unpaired) electrons. The summed E-state index contributed by atoms with van der Waals surface area (Å²) in [5.41, 5.74) is -1.47. The highest BCUT2D eigenvalue weighted by molar-refractivity contribution is 9.11. The van der Waals surface area contributed by atoms with Crippen molar-refractivity contribution in [1.29, 1.82) is 0 Å². The number of nitrogens with zero attached hydrogens (tertiary/aromatic N) is 2. The van der Waals surface area contributed by atoms with Crippen LogP contribution in [0.2, 0.25) is 5.04 Å². The van der Waals surface area contributed by atoms with Gasteiger partial charge in [-0.25, -0.2) is 9.36 Å². The van der Waals surface area contributed by atoms with Gasteiger partial charge in [-0.05, 0) is 63.7 Å². The summed E-state index contributed by atoms with van der Waals surface area (Å²) in [5, 5.41) is 1.64. The maximum Gasteiger partial charge on any atom is 0.333 e. The predicted octanol–water partition coefficient (Wildman–Crippen LogP) is 6.30. The van der Waals surface area contributed by atoms with E-state index in [1.807, 2.05) is 91.9 Å². The molecule has 0 spiro atoms. The van der Waals surface area contributed by atoms with Crippen molar-refractivity contribution >= 4 is 62.1 Å². The molecule has 268 valence electrons. The quantitative estimate of drug-likeness (QED) is 0.145. The number of para-hydroxylation sites is 1. The van der Waals surface area contributed by atoms with E-state index in [1.165, 1.54) is 11.3 Å². The highest BCUT2D eigenvalue weighted by atomic mass is 79.9. The smallest absolute Gasteiger partial charge is 0.333 e. The molecule has 0 N–H and O–H groups in total. The lowest BCUT2D eigenvalue weighted by atomic mass is 10.1. The summed E-state index contributed by atoms with van der Waals surface area (Å²) in [5.74, 6) is -0.0592.